The second-order valence-electron chi connectivity index (χ2n) is 10.9. The number of rotatable bonds is 6. The van der Waals surface area contributed by atoms with Gasteiger partial charge >= 0.3 is 5.97 Å². The maximum atomic E-state index is 15.4. The first-order chi connectivity index (χ1) is 20.3. The first-order valence-corrected chi connectivity index (χ1v) is 13.9. The van der Waals surface area contributed by atoms with Crippen LogP contribution in [0.25, 0.3) is 27.6 Å². The highest BCUT2D eigenvalue weighted by Crippen LogP contribution is 2.38. The average Bonchev–Trinajstić information content (AvgIpc) is 3.76. The van der Waals surface area contributed by atoms with Crippen molar-refractivity contribution in [2.24, 2.45) is 0 Å². The molecule has 1 saturated carbocycles. The van der Waals surface area contributed by atoms with Crippen molar-refractivity contribution in [3.63, 3.8) is 0 Å². The lowest BCUT2D eigenvalue weighted by Gasteiger charge is -2.36. The van der Waals surface area contributed by atoms with Gasteiger partial charge in [-0.3, -0.25) is 14.5 Å². The standard InChI is InChI=1S/C30H28FN7O4/c1-17-26-28(38(34-17)19-5-3-2-4-6-19)32-25(33-29(26)40)16-35-9-11-36(12-10-35)24-14-23-20(13-22(24)31)27(39)21(30(41)42)15-37(23)18-7-8-18/h2-6,13-15,18H,7-12,16H2,1H3,(H,41,42)(H,32,33,40). The van der Waals surface area contributed by atoms with Crippen molar-refractivity contribution in [3.8, 4) is 5.69 Å². The van der Waals surface area contributed by atoms with Crippen LogP contribution in [0.15, 0.2) is 58.3 Å². The van der Waals surface area contributed by atoms with Crippen molar-refractivity contribution in [2.75, 3.05) is 31.1 Å². The van der Waals surface area contributed by atoms with Gasteiger partial charge in [-0.05, 0) is 44.0 Å². The van der Waals surface area contributed by atoms with Crippen LogP contribution in [0.3, 0.4) is 0 Å². The van der Waals surface area contributed by atoms with Crippen LogP contribution < -0.4 is 15.9 Å². The number of fused-ring (bicyclic) bond motifs is 2. The minimum absolute atomic E-state index is 0.0806. The lowest BCUT2D eigenvalue weighted by molar-refractivity contribution is 0.0695. The van der Waals surface area contributed by atoms with Crippen molar-refractivity contribution in [2.45, 2.75) is 32.4 Å². The molecule has 214 valence electrons. The predicted octanol–water partition coefficient (Wildman–Crippen LogP) is 3.23. The van der Waals surface area contributed by atoms with Gasteiger partial charge in [-0.1, -0.05) is 18.2 Å². The Morgan fingerprint density at radius 3 is 2.52 bits per heavy atom. The Hall–Kier alpha value is -4.84. The summed E-state index contributed by atoms with van der Waals surface area (Å²) in [6.07, 6.45) is 3.16. The summed E-state index contributed by atoms with van der Waals surface area (Å²) in [6.45, 7) is 4.46. The Morgan fingerprint density at radius 1 is 1.10 bits per heavy atom. The van der Waals surface area contributed by atoms with Gasteiger partial charge in [-0.15, -0.1) is 0 Å². The predicted molar refractivity (Wildman–Crippen MR) is 155 cm³/mol. The number of benzene rings is 2. The number of nitrogens with one attached hydrogen (secondary N) is 1. The molecule has 11 nitrogen and oxygen atoms in total. The Kier molecular flexibility index (Phi) is 6.15. The zero-order chi connectivity index (χ0) is 29.1. The smallest absolute Gasteiger partial charge is 0.341 e. The number of carbonyl (C=O) groups is 1. The van der Waals surface area contributed by atoms with Crippen LogP contribution in [0, 0.1) is 12.7 Å². The molecule has 12 heteroatoms. The highest BCUT2D eigenvalue weighted by molar-refractivity contribution is 5.93. The van der Waals surface area contributed by atoms with E-state index in [-0.39, 0.29) is 22.6 Å². The zero-order valence-corrected chi connectivity index (χ0v) is 22.9. The molecule has 1 aliphatic heterocycles. The number of halogens is 1. The third kappa shape index (κ3) is 4.44. The van der Waals surface area contributed by atoms with Gasteiger partial charge in [-0.25, -0.2) is 18.9 Å². The molecule has 0 bridgehead atoms. The summed E-state index contributed by atoms with van der Waals surface area (Å²) in [7, 11) is 0. The van der Waals surface area contributed by atoms with Crippen LogP contribution in [0.2, 0.25) is 0 Å². The molecule has 0 unspecified atom stereocenters. The summed E-state index contributed by atoms with van der Waals surface area (Å²) in [5.41, 5.74) is 1.60. The number of H-pyrrole nitrogens is 1. The lowest BCUT2D eigenvalue weighted by atomic mass is 10.1. The number of piperazine rings is 1. The van der Waals surface area contributed by atoms with E-state index < -0.39 is 17.2 Å². The number of para-hydroxylation sites is 1. The number of carboxylic acids is 1. The summed E-state index contributed by atoms with van der Waals surface area (Å²) in [5, 5.41) is 14.6. The lowest BCUT2D eigenvalue weighted by Crippen LogP contribution is -2.46. The molecule has 1 saturated heterocycles. The van der Waals surface area contributed by atoms with Crippen molar-refractivity contribution in [1.29, 1.82) is 0 Å². The molecule has 0 spiro atoms. The second-order valence-corrected chi connectivity index (χ2v) is 10.9. The van der Waals surface area contributed by atoms with E-state index in [0.29, 0.717) is 66.5 Å². The van der Waals surface area contributed by atoms with Crippen molar-refractivity contribution >= 4 is 33.6 Å². The summed E-state index contributed by atoms with van der Waals surface area (Å²) >= 11 is 0. The molecule has 2 aromatic carbocycles. The first-order valence-electron chi connectivity index (χ1n) is 13.9. The topological polar surface area (TPSA) is 129 Å². The summed E-state index contributed by atoms with van der Waals surface area (Å²) in [4.78, 5) is 49.2. The molecule has 2 aliphatic rings. The van der Waals surface area contributed by atoms with Gasteiger partial charge in [0, 0.05) is 43.8 Å². The van der Waals surface area contributed by atoms with Crippen LogP contribution in [0.1, 0.15) is 40.8 Å². The van der Waals surface area contributed by atoms with Crippen LogP contribution in [0.4, 0.5) is 10.1 Å². The molecule has 4 heterocycles. The number of nitrogens with zero attached hydrogens (tertiary/aromatic N) is 6. The van der Waals surface area contributed by atoms with E-state index in [9.17, 15) is 19.5 Å². The zero-order valence-electron chi connectivity index (χ0n) is 22.9. The van der Waals surface area contributed by atoms with E-state index in [1.54, 1.807) is 22.2 Å². The third-order valence-corrected chi connectivity index (χ3v) is 8.12. The maximum absolute atomic E-state index is 15.4. The summed E-state index contributed by atoms with van der Waals surface area (Å²) in [6, 6.07) is 12.5. The third-order valence-electron chi connectivity index (χ3n) is 8.12. The van der Waals surface area contributed by atoms with Gasteiger partial charge in [0.15, 0.2) is 5.65 Å². The van der Waals surface area contributed by atoms with Crippen LogP contribution in [-0.2, 0) is 6.54 Å². The van der Waals surface area contributed by atoms with Gasteiger partial charge in [0.25, 0.3) is 5.56 Å². The Morgan fingerprint density at radius 2 is 1.83 bits per heavy atom. The molecular formula is C30H28FN7O4. The Bertz CT molecular complexity index is 1990. The van der Waals surface area contributed by atoms with E-state index in [2.05, 4.69) is 15.0 Å². The molecule has 1 aliphatic carbocycles. The molecule has 0 radical (unpaired) electrons. The van der Waals surface area contributed by atoms with E-state index in [1.165, 1.54) is 12.3 Å². The number of pyridine rings is 1. The fraction of sp³-hybridized carbons (Fsp3) is 0.300. The number of hydrogen-bond donors (Lipinski definition) is 2. The SMILES string of the molecule is Cc1nn(-c2ccccc2)c2nc(CN3CCN(c4cc5c(cc4F)c(=O)c(C(=O)O)cn5C4CC4)CC3)[nH]c(=O)c12. The minimum Gasteiger partial charge on any atom is -0.477 e. The maximum Gasteiger partial charge on any atom is 0.341 e. The Labute approximate surface area is 238 Å². The molecule has 42 heavy (non-hydrogen) atoms. The number of anilines is 1. The van der Waals surface area contributed by atoms with Gasteiger partial charge in [0.1, 0.15) is 22.6 Å². The van der Waals surface area contributed by atoms with Gasteiger partial charge in [0.2, 0.25) is 5.43 Å². The van der Waals surface area contributed by atoms with Crippen molar-refractivity contribution in [1.82, 2.24) is 29.2 Å². The first kappa shape index (κ1) is 26.1. The minimum atomic E-state index is -1.31. The molecule has 2 fully saturated rings. The summed E-state index contributed by atoms with van der Waals surface area (Å²) < 4.78 is 18.9. The molecule has 5 aromatic rings. The van der Waals surface area contributed by atoms with E-state index in [1.807, 2.05) is 35.2 Å². The van der Waals surface area contributed by atoms with Gasteiger partial charge in [-0.2, -0.15) is 5.10 Å². The van der Waals surface area contributed by atoms with Gasteiger partial charge in [0.05, 0.1) is 29.1 Å². The molecule has 0 atom stereocenters. The number of aromatic carboxylic acids is 1. The van der Waals surface area contributed by atoms with E-state index in [4.69, 9.17) is 4.98 Å². The number of aromatic amines is 1. The fourth-order valence-corrected chi connectivity index (χ4v) is 5.82. The average molecular weight is 570 g/mol. The molecular weight excluding hydrogens is 541 g/mol. The van der Waals surface area contributed by atoms with Crippen LogP contribution >= 0.6 is 0 Å². The normalized spacial score (nSPS) is 16.0. The number of hydrogen-bond acceptors (Lipinski definition) is 7. The van der Waals surface area contributed by atoms with E-state index in [0.717, 1.165) is 18.5 Å². The molecule has 0 amide bonds. The molecule has 3 aromatic heterocycles. The molecule has 2 N–H and O–H groups in total. The Balaban J connectivity index is 1.14. The molecule has 7 rings (SSSR count). The summed E-state index contributed by atoms with van der Waals surface area (Å²) in [5.74, 6) is -1.34. The van der Waals surface area contributed by atoms with Crippen molar-refractivity contribution in [3.05, 3.63) is 92.1 Å². The van der Waals surface area contributed by atoms with Gasteiger partial charge < -0.3 is 19.6 Å². The van der Waals surface area contributed by atoms with Crippen LogP contribution in [0.5, 0.6) is 0 Å². The monoisotopic (exact) mass is 569 g/mol. The van der Waals surface area contributed by atoms with Crippen LogP contribution in [-0.4, -0.2) is 66.5 Å². The van der Waals surface area contributed by atoms with E-state index >= 15 is 4.39 Å². The highest BCUT2D eigenvalue weighted by Gasteiger charge is 2.29. The number of carboxylic acid groups (broad SMARTS) is 1. The quantitative estimate of drug-likeness (QED) is 0.319. The largest absolute Gasteiger partial charge is 0.477 e. The number of aromatic nitrogens is 5. The second kappa shape index (κ2) is 9.91. The van der Waals surface area contributed by atoms with Crippen molar-refractivity contribution < 1.29 is 14.3 Å². The number of aryl methyl sites for hydroxylation is 1. The fourth-order valence-electron chi connectivity index (χ4n) is 5.82. The highest BCUT2D eigenvalue weighted by atomic mass is 19.1.